The van der Waals surface area contributed by atoms with Gasteiger partial charge in [0.25, 0.3) is 11.1 Å². The van der Waals surface area contributed by atoms with Gasteiger partial charge < -0.3 is 4.74 Å². The third-order valence-corrected chi connectivity index (χ3v) is 4.53. The Balaban J connectivity index is 2.02. The molecule has 0 spiro atoms. The molecule has 2 aromatic heterocycles. The predicted octanol–water partition coefficient (Wildman–Crippen LogP) is 0.453. The van der Waals surface area contributed by atoms with Crippen molar-refractivity contribution in [1.82, 2.24) is 24.7 Å². The van der Waals surface area contributed by atoms with Crippen molar-refractivity contribution in [2.75, 3.05) is 11.5 Å². The standard InChI is InChI=1S/C13H11N7O5S/c1-25-11-7-8-14-12(16-11)18-9-15-13(17-18)26(23,24)19(20(21)22)10-5-3-2-4-6-10/h2-9H,1H3. The number of hydrogen-bond acceptors (Lipinski definition) is 9. The molecule has 1 aromatic carbocycles. The van der Waals surface area contributed by atoms with Crippen molar-refractivity contribution in [2.45, 2.75) is 5.16 Å². The minimum atomic E-state index is -4.65. The molecule has 0 aliphatic heterocycles. The van der Waals surface area contributed by atoms with E-state index in [1.807, 2.05) is 0 Å². The van der Waals surface area contributed by atoms with Crippen LogP contribution in [-0.2, 0) is 10.0 Å². The second kappa shape index (κ2) is 6.72. The molecule has 3 rings (SSSR count). The maximum atomic E-state index is 12.6. The van der Waals surface area contributed by atoms with Gasteiger partial charge in [-0.1, -0.05) is 18.2 Å². The zero-order valence-corrected chi connectivity index (χ0v) is 14.0. The lowest BCUT2D eigenvalue weighted by Gasteiger charge is -2.11. The second-order valence-corrected chi connectivity index (χ2v) is 6.35. The lowest BCUT2D eigenvalue weighted by atomic mass is 10.3. The quantitative estimate of drug-likeness (QED) is 0.441. The van der Waals surface area contributed by atoms with Gasteiger partial charge in [0, 0.05) is 16.7 Å². The Bertz CT molecular complexity index is 1040. The molecule has 134 valence electrons. The second-order valence-electron chi connectivity index (χ2n) is 4.69. The number of para-hydroxylation sites is 1. The van der Waals surface area contributed by atoms with E-state index in [9.17, 15) is 18.5 Å². The van der Waals surface area contributed by atoms with E-state index < -0.39 is 20.2 Å². The van der Waals surface area contributed by atoms with Crippen LogP contribution in [-0.4, -0.2) is 45.3 Å². The van der Waals surface area contributed by atoms with E-state index >= 15 is 0 Å². The minimum Gasteiger partial charge on any atom is -0.481 e. The van der Waals surface area contributed by atoms with Gasteiger partial charge in [-0.2, -0.15) is 18.1 Å². The van der Waals surface area contributed by atoms with Gasteiger partial charge in [-0.05, 0) is 12.1 Å². The van der Waals surface area contributed by atoms with Crippen molar-refractivity contribution in [3.05, 3.63) is 59.0 Å². The molecule has 0 N–H and O–H groups in total. The molecule has 0 fully saturated rings. The molecule has 3 aromatic rings. The number of rotatable bonds is 6. The summed E-state index contributed by atoms with van der Waals surface area (Å²) in [5, 5.41) is 13.2. The molecule has 0 amide bonds. The van der Waals surface area contributed by atoms with Crippen LogP contribution in [0.5, 0.6) is 5.88 Å². The van der Waals surface area contributed by atoms with Crippen molar-refractivity contribution in [3.63, 3.8) is 0 Å². The lowest BCUT2D eigenvalue weighted by Crippen LogP contribution is -2.37. The molecule has 13 heteroatoms. The normalized spacial score (nSPS) is 11.1. The van der Waals surface area contributed by atoms with Gasteiger partial charge in [-0.15, -0.1) is 5.10 Å². The number of hydrazine groups is 1. The summed E-state index contributed by atoms with van der Waals surface area (Å²) >= 11 is 0. The van der Waals surface area contributed by atoms with E-state index in [4.69, 9.17) is 4.74 Å². The maximum Gasteiger partial charge on any atom is 0.355 e. The average Bonchev–Trinajstić information content (AvgIpc) is 3.13. The van der Waals surface area contributed by atoms with Crippen LogP contribution >= 0.6 is 0 Å². The largest absolute Gasteiger partial charge is 0.481 e. The Hall–Kier alpha value is -3.61. The molecule has 2 heterocycles. The Labute approximate surface area is 146 Å². The summed E-state index contributed by atoms with van der Waals surface area (Å²) in [7, 11) is -3.25. The van der Waals surface area contributed by atoms with E-state index in [0.29, 0.717) is 0 Å². The summed E-state index contributed by atoms with van der Waals surface area (Å²) in [6, 6.07) is 8.59. The highest BCUT2D eigenvalue weighted by atomic mass is 32.2. The summed E-state index contributed by atoms with van der Waals surface area (Å²) in [5.74, 6) is 0.219. The van der Waals surface area contributed by atoms with Gasteiger partial charge in [0.05, 0.1) is 7.11 Å². The number of benzene rings is 1. The molecule has 0 aliphatic carbocycles. The molecule has 0 unspecified atom stereocenters. The van der Waals surface area contributed by atoms with Crippen LogP contribution in [0.1, 0.15) is 0 Å². The summed E-state index contributed by atoms with van der Waals surface area (Å²) in [6.45, 7) is 0. The van der Waals surface area contributed by atoms with Gasteiger partial charge in [-0.25, -0.2) is 20.1 Å². The number of anilines is 1. The monoisotopic (exact) mass is 377 g/mol. The number of hydrogen-bond donors (Lipinski definition) is 0. The van der Waals surface area contributed by atoms with Gasteiger partial charge in [0.1, 0.15) is 12.0 Å². The van der Waals surface area contributed by atoms with Gasteiger partial charge in [-0.3, -0.25) is 0 Å². The molecule has 0 aliphatic rings. The van der Waals surface area contributed by atoms with E-state index in [0.717, 1.165) is 11.0 Å². The average molecular weight is 377 g/mol. The van der Waals surface area contributed by atoms with Crippen LogP contribution in [0.3, 0.4) is 0 Å². The summed E-state index contributed by atoms with van der Waals surface area (Å²) in [4.78, 5) is 22.9. The van der Waals surface area contributed by atoms with Crippen molar-refractivity contribution in [1.29, 1.82) is 0 Å². The van der Waals surface area contributed by atoms with Crippen molar-refractivity contribution in [3.8, 4) is 11.8 Å². The molecular formula is C13H11N7O5S. The van der Waals surface area contributed by atoms with Gasteiger partial charge in [0.2, 0.25) is 5.88 Å². The van der Waals surface area contributed by atoms with Crippen molar-refractivity contribution >= 4 is 15.7 Å². The van der Waals surface area contributed by atoms with E-state index in [1.54, 1.807) is 6.07 Å². The third-order valence-electron chi connectivity index (χ3n) is 3.09. The molecule has 0 atom stereocenters. The van der Waals surface area contributed by atoms with Crippen molar-refractivity contribution in [2.24, 2.45) is 0 Å². The predicted molar refractivity (Wildman–Crippen MR) is 86.6 cm³/mol. The fourth-order valence-electron chi connectivity index (χ4n) is 1.97. The third kappa shape index (κ3) is 3.14. The number of methoxy groups -OCH3 is 1. The zero-order valence-electron chi connectivity index (χ0n) is 13.2. The highest BCUT2D eigenvalue weighted by molar-refractivity contribution is 7.92. The summed E-state index contributed by atoms with van der Waals surface area (Å²) in [6.07, 6.45) is 2.41. The Morgan fingerprint density at radius 2 is 1.92 bits per heavy atom. The van der Waals surface area contributed by atoms with Crippen molar-refractivity contribution < 1.29 is 18.2 Å². The van der Waals surface area contributed by atoms with Gasteiger partial charge >= 0.3 is 10.0 Å². The molecular weight excluding hydrogens is 366 g/mol. The highest BCUT2D eigenvalue weighted by Gasteiger charge is 2.38. The molecule has 0 saturated carbocycles. The number of sulfonamides is 1. The topological polar surface area (TPSA) is 146 Å². The minimum absolute atomic E-state index is 0.000886. The van der Waals surface area contributed by atoms with Crippen LogP contribution in [0.25, 0.3) is 5.95 Å². The number of nitro groups is 1. The first kappa shape index (κ1) is 17.2. The Morgan fingerprint density at radius 1 is 1.19 bits per heavy atom. The fourth-order valence-corrected chi connectivity index (χ4v) is 3.07. The smallest absolute Gasteiger partial charge is 0.355 e. The van der Waals surface area contributed by atoms with E-state index in [-0.39, 0.29) is 21.9 Å². The molecule has 12 nitrogen and oxygen atoms in total. The molecule has 0 radical (unpaired) electrons. The lowest BCUT2D eigenvalue weighted by molar-refractivity contribution is -0.474. The first-order valence-corrected chi connectivity index (χ1v) is 8.41. The van der Waals surface area contributed by atoms with Gasteiger partial charge in [0.15, 0.2) is 5.03 Å². The van der Waals surface area contributed by atoms with E-state index in [2.05, 4.69) is 20.1 Å². The maximum absolute atomic E-state index is 12.6. The zero-order chi connectivity index (χ0) is 18.7. The van der Waals surface area contributed by atoms with Crippen LogP contribution < -0.4 is 9.15 Å². The van der Waals surface area contributed by atoms with Crippen LogP contribution in [0.15, 0.2) is 54.1 Å². The summed E-state index contributed by atoms with van der Waals surface area (Å²) in [5.41, 5.74) is -0.161. The molecule has 0 bridgehead atoms. The summed E-state index contributed by atoms with van der Waals surface area (Å²) < 4.78 is 31.2. The fraction of sp³-hybridized carbons (Fsp3) is 0.0769. The van der Waals surface area contributed by atoms with E-state index in [1.165, 1.54) is 43.6 Å². The first-order chi connectivity index (χ1) is 12.4. The molecule has 0 saturated heterocycles. The number of aromatic nitrogens is 5. The number of ether oxygens (including phenoxy) is 1. The first-order valence-electron chi connectivity index (χ1n) is 6.97. The molecule has 26 heavy (non-hydrogen) atoms. The van der Waals surface area contributed by atoms with Crippen LogP contribution in [0.2, 0.25) is 0 Å². The number of nitrogens with zero attached hydrogens (tertiary/aromatic N) is 7. The van der Waals surface area contributed by atoms with Crippen LogP contribution in [0.4, 0.5) is 5.69 Å². The van der Waals surface area contributed by atoms with Crippen LogP contribution in [0, 0.1) is 10.1 Å². The SMILES string of the molecule is COc1ccnc(-n2cnc(S(=O)(=O)N(c3ccccc3)[N+](=O)[O-])n2)n1. The Kier molecular flexibility index (Phi) is 4.45. The highest BCUT2D eigenvalue weighted by Crippen LogP contribution is 2.21. The Morgan fingerprint density at radius 3 is 2.58 bits per heavy atom.